The van der Waals surface area contributed by atoms with Crippen LogP contribution in [0.15, 0.2) is 84.9 Å². The molecule has 0 fully saturated rings. The van der Waals surface area contributed by atoms with Crippen molar-refractivity contribution in [2.24, 2.45) is 0 Å². The van der Waals surface area contributed by atoms with Gasteiger partial charge in [-0.15, -0.1) is 0 Å². The molecule has 0 heterocycles. The normalized spacial score (nSPS) is 11.8. The molecule has 1 atom stereocenters. The highest BCUT2D eigenvalue weighted by molar-refractivity contribution is 5.87. The van der Waals surface area contributed by atoms with E-state index in [1.165, 1.54) is 0 Å². The van der Waals surface area contributed by atoms with Gasteiger partial charge >= 0.3 is 0 Å². The molecule has 0 saturated carbocycles. The van der Waals surface area contributed by atoms with Gasteiger partial charge in [0.15, 0.2) is 0 Å². The molecule has 1 amide bonds. The first-order valence-electron chi connectivity index (χ1n) is 8.74. The van der Waals surface area contributed by atoms with Gasteiger partial charge in [-0.05, 0) is 24.1 Å². The van der Waals surface area contributed by atoms with E-state index in [0.717, 1.165) is 22.4 Å². The third-order valence-electron chi connectivity index (χ3n) is 4.49. The summed E-state index contributed by atoms with van der Waals surface area (Å²) in [6, 6.07) is 27.3. The van der Waals surface area contributed by atoms with E-state index in [4.69, 9.17) is 4.74 Å². The second kappa shape index (κ2) is 8.34. The van der Waals surface area contributed by atoms with Gasteiger partial charge in [-0.25, -0.2) is 0 Å². The van der Waals surface area contributed by atoms with Gasteiger partial charge in [0.2, 0.25) is 5.91 Å². The molecule has 3 aromatic carbocycles. The molecular weight excluding hydrogens is 322 g/mol. The molecular formula is C23H23NO2. The number of nitrogens with one attached hydrogen (secondary N) is 1. The molecule has 0 bridgehead atoms. The van der Waals surface area contributed by atoms with Gasteiger partial charge in [0.25, 0.3) is 0 Å². The Balaban J connectivity index is 1.89. The first-order valence-corrected chi connectivity index (χ1v) is 8.74. The number of carbonyl (C=O) groups excluding carboxylic acids is 1. The molecule has 132 valence electrons. The molecule has 3 nitrogen and oxygen atoms in total. The monoisotopic (exact) mass is 345 g/mol. The molecule has 0 spiro atoms. The van der Waals surface area contributed by atoms with Crippen molar-refractivity contribution >= 4 is 5.91 Å². The quantitative estimate of drug-likeness (QED) is 0.703. The van der Waals surface area contributed by atoms with Crippen molar-refractivity contribution in [3.05, 3.63) is 102 Å². The largest absolute Gasteiger partial charge is 0.496 e. The Morgan fingerprint density at radius 1 is 0.808 bits per heavy atom. The van der Waals surface area contributed by atoms with Crippen LogP contribution in [0.5, 0.6) is 5.75 Å². The first kappa shape index (κ1) is 17.7. The number of hydrogen-bond donors (Lipinski definition) is 1. The van der Waals surface area contributed by atoms with Crippen LogP contribution in [0.3, 0.4) is 0 Å². The fourth-order valence-electron chi connectivity index (χ4n) is 3.18. The van der Waals surface area contributed by atoms with E-state index in [0.29, 0.717) is 0 Å². The fourth-order valence-corrected chi connectivity index (χ4v) is 3.18. The average Bonchev–Trinajstić information content (AvgIpc) is 2.69. The summed E-state index contributed by atoms with van der Waals surface area (Å²) in [7, 11) is 1.64. The minimum absolute atomic E-state index is 0.0270. The molecule has 1 N–H and O–H groups in total. The van der Waals surface area contributed by atoms with Gasteiger partial charge in [-0.2, -0.15) is 0 Å². The van der Waals surface area contributed by atoms with E-state index < -0.39 is 0 Å². The van der Waals surface area contributed by atoms with Crippen LogP contribution in [0.2, 0.25) is 0 Å². The number of para-hydroxylation sites is 1. The highest BCUT2D eigenvalue weighted by atomic mass is 16.5. The number of hydrogen-bond acceptors (Lipinski definition) is 2. The minimum Gasteiger partial charge on any atom is -0.496 e. The van der Waals surface area contributed by atoms with E-state index in [2.05, 4.69) is 5.32 Å². The van der Waals surface area contributed by atoms with E-state index in [-0.39, 0.29) is 17.9 Å². The van der Waals surface area contributed by atoms with Gasteiger partial charge in [-0.1, -0.05) is 78.9 Å². The maximum absolute atomic E-state index is 13.2. The van der Waals surface area contributed by atoms with Gasteiger partial charge < -0.3 is 10.1 Å². The van der Waals surface area contributed by atoms with Gasteiger partial charge in [0.05, 0.1) is 19.1 Å². The van der Waals surface area contributed by atoms with Gasteiger partial charge in [0.1, 0.15) is 5.75 Å². The molecule has 0 aliphatic rings. The zero-order valence-corrected chi connectivity index (χ0v) is 15.1. The summed E-state index contributed by atoms with van der Waals surface area (Å²) in [6.07, 6.45) is 0. The summed E-state index contributed by atoms with van der Waals surface area (Å²) >= 11 is 0. The molecule has 0 radical (unpaired) electrons. The maximum atomic E-state index is 13.2. The zero-order valence-electron chi connectivity index (χ0n) is 15.1. The Morgan fingerprint density at radius 2 is 1.31 bits per heavy atom. The summed E-state index contributed by atoms with van der Waals surface area (Å²) in [5.41, 5.74) is 2.91. The van der Waals surface area contributed by atoms with Crippen LogP contribution in [0.4, 0.5) is 0 Å². The van der Waals surface area contributed by atoms with E-state index in [1.807, 2.05) is 91.9 Å². The molecule has 0 aliphatic carbocycles. The number of rotatable bonds is 6. The van der Waals surface area contributed by atoms with Crippen LogP contribution < -0.4 is 10.1 Å². The summed E-state index contributed by atoms with van der Waals surface area (Å²) in [5, 5.41) is 3.15. The minimum atomic E-state index is -0.352. The number of ether oxygens (including phenoxy) is 1. The Morgan fingerprint density at radius 3 is 1.85 bits per heavy atom. The van der Waals surface area contributed by atoms with E-state index in [1.54, 1.807) is 7.11 Å². The third kappa shape index (κ3) is 3.94. The fraction of sp³-hybridized carbons (Fsp3) is 0.174. The highest BCUT2D eigenvalue weighted by Crippen LogP contribution is 2.28. The molecule has 0 saturated heterocycles. The molecule has 0 aromatic heterocycles. The molecule has 3 rings (SSSR count). The van der Waals surface area contributed by atoms with Crippen LogP contribution in [-0.4, -0.2) is 13.0 Å². The number of methoxy groups -OCH3 is 1. The second-order valence-electron chi connectivity index (χ2n) is 6.23. The van der Waals surface area contributed by atoms with Crippen molar-refractivity contribution in [1.29, 1.82) is 0 Å². The van der Waals surface area contributed by atoms with Crippen molar-refractivity contribution in [2.45, 2.75) is 18.9 Å². The highest BCUT2D eigenvalue weighted by Gasteiger charge is 2.24. The summed E-state index contributed by atoms with van der Waals surface area (Å²) in [4.78, 5) is 13.2. The first-order chi connectivity index (χ1) is 12.7. The molecule has 0 unspecified atom stereocenters. The van der Waals surface area contributed by atoms with Crippen molar-refractivity contribution < 1.29 is 9.53 Å². The van der Waals surface area contributed by atoms with Crippen LogP contribution >= 0.6 is 0 Å². The van der Waals surface area contributed by atoms with E-state index >= 15 is 0 Å². The van der Waals surface area contributed by atoms with Crippen molar-refractivity contribution in [3.8, 4) is 5.75 Å². The Bertz CT molecular complexity index is 807. The Hall–Kier alpha value is -3.07. The predicted octanol–water partition coefficient (Wildman–Crippen LogP) is 4.70. The number of amides is 1. The lowest BCUT2D eigenvalue weighted by Gasteiger charge is -2.22. The standard InChI is InChI=1S/C23H23NO2/c1-17(20-15-9-10-16-21(20)26-2)24-23(25)22(18-11-5-3-6-12-18)19-13-7-4-8-14-19/h3-17,22H,1-2H3,(H,24,25)/t17-/m1/s1. The average molecular weight is 345 g/mol. The smallest absolute Gasteiger partial charge is 0.232 e. The molecule has 3 heteroatoms. The van der Waals surface area contributed by atoms with Crippen LogP contribution in [0.25, 0.3) is 0 Å². The van der Waals surface area contributed by atoms with E-state index in [9.17, 15) is 4.79 Å². The summed E-state index contributed by atoms with van der Waals surface area (Å²) in [6.45, 7) is 1.98. The lowest BCUT2D eigenvalue weighted by molar-refractivity contribution is -0.122. The van der Waals surface area contributed by atoms with Crippen LogP contribution in [-0.2, 0) is 4.79 Å². The number of benzene rings is 3. The Kier molecular flexibility index (Phi) is 5.69. The molecule has 3 aromatic rings. The molecule has 26 heavy (non-hydrogen) atoms. The molecule has 0 aliphatic heterocycles. The van der Waals surface area contributed by atoms with Crippen molar-refractivity contribution in [2.75, 3.05) is 7.11 Å². The maximum Gasteiger partial charge on any atom is 0.232 e. The van der Waals surface area contributed by atoms with Gasteiger partial charge in [0, 0.05) is 5.56 Å². The third-order valence-corrected chi connectivity index (χ3v) is 4.49. The van der Waals surface area contributed by atoms with Gasteiger partial charge in [-0.3, -0.25) is 4.79 Å². The number of carbonyl (C=O) groups is 1. The van der Waals surface area contributed by atoms with Crippen molar-refractivity contribution in [3.63, 3.8) is 0 Å². The topological polar surface area (TPSA) is 38.3 Å². The summed E-state index contributed by atoms with van der Waals surface area (Å²) in [5.74, 6) is 0.395. The van der Waals surface area contributed by atoms with Crippen molar-refractivity contribution in [1.82, 2.24) is 5.32 Å². The SMILES string of the molecule is COc1ccccc1[C@@H](C)NC(=O)C(c1ccccc1)c1ccccc1. The lowest BCUT2D eigenvalue weighted by Crippen LogP contribution is -2.32. The van der Waals surface area contributed by atoms with Crippen LogP contribution in [0.1, 0.15) is 35.6 Å². The van der Waals surface area contributed by atoms with Crippen LogP contribution in [0, 0.1) is 0 Å². The zero-order chi connectivity index (χ0) is 18.4. The Labute approximate surface area is 154 Å². The predicted molar refractivity (Wildman–Crippen MR) is 104 cm³/mol. The lowest BCUT2D eigenvalue weighted by atomic mass is 9.90. The summed E-state index contributed by atoms with van der Waals surface area (Å²) < 4.78 is 5.43. The second-order valence-corrected chi connectivity index (χ2v) is 6.23.